The monoisotopic (exact) mass is 448 g/mol. The summed E-state index contributed by atoms with van der Waals surface area (Å²) in [5.41, 5.74) is 3.25. The highest BCUT2D eigenvalue weighted by molar-refractivity contribution is 7.98. The molecule has 0 saturated carbocycles. The molecular weight excluding hydrogens is 424 g/mol. The van der Waals surface area contributed by atoms with Crippen molar-refractivity contribution in [3.8, 4) is 17.1 Å². The van der Waals surface area contributed by atoms with Gasteiger partial charge >= 0.3 is 0 Å². The fraction of sp³-hybridized carbons (Fsp3) is 0.304. The molecule has 0 bridgehead atoms. The quantitative estimate of drug-likeness (QED) is 0.392. The van der Waals surface area contributed by atoms with Crippen molar-refractivity contribution in [3.63, 3.8) is 0 Å². The Morgan fingerprint density at radius 1 is 0.969 bits per heavy atom. The van der Waals surface area contributed by atoms with Crippen LogP contribution >= 0.6 is 11.8 Å². The molecule has 164 valence electrons. The number of anilines is 1. The van der Waals surface area contributed by atoms with Gasteiger partial charge in [-0.3, -0.25) is 4.57 Å². The van der Waals surface area contributed by atoms with E-state index in [0.717, 1.165) is 41.9 Å². The van der Waals surface area contributed by atoms with E-state index in [-0.39, 0.29) is 0 Å². The van der Waals surface area contributed by atoms with Crippen molar-refractivity contribution < 1.29 is 9.26 Å². The third-order valence-corrected chi connectivity index (χ3v) is 6.25. The lowest BCUT2D eigenvalue weighted by molar-refractivity contribution is 0.122. The Kier molecular flexibility index (Phi) is 6.17. The standard InChI is InChI=1S/C23H24N6O2S/c1-2-17-8-10-18(11-9-17)21-24-20(31-27-21)16-32-23-26-25-22(28-12-14-30-15-13-28)29(23)19-6-4-3-5-7-19/h3-11H,2,12-16H2,1H3. The summed E-state index contributed by atoms with van der Waals surface area (Å²) in [5, 5.41) is 13.9. The van der Waals surface area contributed by atoms with E-state index in [9.17, 15) is 0 Å². The van der Waals surface area contributed by atoms with Gasteiger partial charge in [0, 0.05) is 18.7 Å². The van der Waals surface area contributed by atoms with Crippen LogP contribution in [0.5, 0.6) is 0 Å². The zero-order valence-corrected chi connectivity index (χ0v) is 18.7. The second kappa shape index (κ2) is 9.54. The molecule has 9 heteroatoms. The number of aryl methyl sites for hydroxylation is 1. The molecule has 2 aromatic carbocycles. The second-order valence-electron chi connectivity index (χ2n) is 7.40. The van der Waals surface area contributed by atoms with Gasteiger partial charge in [-0.15, -0.1) is 10.2 Å². The molecule has 32 heavy (non-hydrogen) atoms. The summed E-state index contributed by atoms with van der Waals surface area (Å²) in [5.74, 6) is 2.49. The Morgan fingerprint density at radius 3 is 2.50 bits per heavy atom. The van der Waals surface area contributed by atoms with E-state index in [4.69, 9.17) is 9.26 Å². The molecule has 1 aliphatic rings. The average molecular weight is 449 g/mol. The van der Waals surface area contributed by atoms with Crippen LogP contribution in [-0.4, -0.2) is 51.2 Å². The molecule has 0 aliphatic carbocycles. The van der Waals surface area contributed by atoms with Crippen LogP contribution in [0.3, 0.4) is 0 Å². The van der Waals surface area contributed by atoms with Crippen LogP contribution in [0.4, 0.5) is 5.95 Å². The number of nitrogens with zero attached hydrogens (tertiary/aromatic N) is 6. The summed E-state index contributed by atoms with van der Waals surface area (Å²) in [6, 6.07) is 18.4. The Morgan fingerprint density at radius 2 is 1.75 bits per heavy atom. The zero-order chi connectivity index (χ0) is 21.8. The van der Waals surface area contributed by atoms with Gasteiger partial charge in [0.1, 0.15) is 0 Å². The molecule has 0 spiro atoms. The molecule has 4 aromatic rings. The number of aromatic nitrogens is 5. The third-order valence-electron chi connectivity index (χ3n) is 5.34. The molecule has 0 unspecified atom stereocenters. The van der Waals surface area contributed by atoms with Gasteiger partial charge in [-0.05, 0) is 24.1 Å². The first kappa shape index (κ1) is 20.7. The first-order valence-electron chi connectivity index (χ1n) is 10.7. The van der Waals surface area contributed by atoms with E-state index < -0.39 is 0 Å². The van der Waals surface area contributed by atoms with Crippen LogP contribution in [0.15, 0.2) is 64.3 Å². The highest BCUT2D eigenvalue weighted by Gasteiger charge is 2.22. The van der Waals surface area contributed by atoms with E-state index in [1.165, 1.54) is 17.3 Å². The Labute approximate surface area is 190 Å². The second-order valence-corrected chi connectivity index (χ2v) is 8.35. The summed E-state index contributed by atoms with van der Waals surface area (Å²) in [4.78, 5) is 6.77. The number of benzene rings is 2. The highest BCUT2D eigenvalue weighted by atomic mass is 32.2. The van der Waals surface area contributed by atoms with Crippen LogP contribution in [0, 0.1) is 0 Å². The maximum absolute atomic E-state index is 5.50. The molecule has 2 aromatic heterocycles. The minimum Gasteiger partial charge on any atom is -0.378 e. The maximum Gasteiger partial charge on any atom is 0.237 e. The first-order chi connectivity index (χ1) is 15.8. The van der Waals surface area contributed by atoms with Crippen LogP contribution in [0.2, 0.25) is 0 Å². The summed E-state index contributed by atoms with van der Waals surface area (Å²) < 4.78 is 13.1. The molecule has 0 N–H and O–H groups in total. The summed E-state index contributed by atoms with van der Waals surface area (Å²) >= 11 is 1.53. The molecule has 0 atom stereocenters. The van der Waals surface area contributed by atoms with E-state index in [1.54, 1.807) is 0 Å². The van der Waals surface area contributed by atoms with Crippen molar-refractivity contribution in [1.82, 2.24) is 24.9 Å². The molecular formula is C23H24N6O2S. The lowest BCUT2D eigenvalue weighted by Crippen LogP contribution is -2.37. The van der Waals surface area contributed by atoms with Crippen molar-refractivity contribution in [2.45, 2.75) is 24.3 Å². The maximum atomic E-state index is 5.50. The smallest absolute Gasteiger partial charge is 0.237 e. The SMILES string of the molecule is CCc1ccc(-c2noc(CSc3nnc(N4CCOCC4)n3-c3ccccc3)n2)cc1. The number of morpholine rings is 1. The van der Waals surface area contributed by atoms with E-state index in [0.29, 0.717) is 30.7 Å². The molecule has 8 nitrogen and oxygen atoms in total. The largest absolute Gasteiger partial charge is 0.378 e. The van der Waals surface area contributed by atoms with Crippen molar-refractivity contribution in [2.24, 2.45) is 0 Å². The predicted molar refractivity (Wildman–Crippen MR) is 123 cm³/mol. The zero-order valence-electron chi connectivity index (χ0n) is 17.8. The topological polar surface area (TPSA) is 82.1 Å². The lowest BCUT2D eigenvalue weighted by Gasteiger charge is -2.27. The Bertz CT molecular complexity index is 1150. The van der Waals surface area contributed by atoms with Crippen LogP contribution in [0.25, 0.3) is 17.1 Å². The molecule has 3 heterocycles. The van der Waals surface area contributed by atoms with Crippen molar-refractivity contribution >= 4 is 17.7 Å². The highest BCUT2D eigenvalue weighted by Crippen LogP contribution is 2.29. The van der Waals surface area contributed by atoms with Crippen LogP contribution < -0.4 is 4.90 Å². The van der Waals surface area contributed by atoms with Gasteiger partial charge in [-0.1, -0.05) is 66.3 Å². The van der Waals surface area contributed by atoms with E-state index in [2.05, 4.69) is 61.0 Å². The fourth-order valence-electron chi connectivity index (χ4n) is 3.57. The summed E-state index contributed by atoms with van der Waals surface area (Å²) in [6.45, 7) is 5.10. The van der Waals surface area contributed by atoms with Gasteiger partial charge in [0.05, 0.1) is 24.7 Å². The molecule has 1 fully saturated rings. The van der Waals surface area contributed by atoms with Crippen molar-refractivity contribution in [3.05, 3.63) is 66.1 Å². The van der Waals surface area contributed by atoms with Gasteiger partial charge in [-0.2, -0.15) is 4.98 Å². The minimum atomic E-state index is 0.508. The van der Waals surface area contributed by atoms with Gasteiger partial charge in [-0.25, -0.2) is 0 Å². The summed E-state index contributed by atoms with van der Waals surface area (Å²) in [7, 11) is 0. The number of ether oxygens (including phenoxy) is 1. The van der Waals surface area contributed by atoms with Gasteiger partial charge < -0.3 is 14.2 Å². The molecule has 0 radical (unpaired) electrons. The van der Waals surface area contributed by atoms with Crippen molar-refractivity contribution in [2.75, 3.05) is 31.2 Å². The lowest BCUT2D eigenvalue weighted by atomic mass is 10.1. The fourth-order valence-corrected chi connectivity index (χ4v) is 4.36. The predicted octanol–water partition coefficient (Wildman–Crippen LogP) is 4.01. The average Bonchev–Trinajstić information content (AvgIpc) is 3.51. The number of hydrogen-bond acceptors (Lipinski definition) is 8. The van der Waals surface area contributed by atoms with Crippen molar-refractivity contribution in [1.29, 1.82) is 0 Å². The third kappa shape index (κ3) is 4.39. The van der Waals surface area contributed by atoms with E-state index in [1.807, 2.05) is 30.3 Å². The van der Waals surface area contributed by atoms with Gasteiger partial charge in [0.15, 0.2) is 5.16 Å². The van der Waals surface area contributed by atoms with Crippen LogP contribution in [-0.2, 0) is 16.9 Å². The normalized spacial score (nSPS) is 14.1. The molecule has 1 saturated heterocycles. The van der Waals surface area contributed by atoms with Gasteiger partial charge in [0.2, 0.25) is 17.7 Å². The number of hydrogen-bond donors (Lipinski definition) is 0. The number of thioether (sulfide) groups is 1. The van der Waals surface area contributed by atoms with E-state index >= 15 is 0 Å². The Hall–Kier alpha value is -3.17. The van der Waals surface area contributed by atoms with Crippen LogP contribution in [0.1, 0.15) is 18.4 Å². The first-order valence-corrected chi connectivity index (χ1v) is 11.7. The number of rotatable bonds is 7. The van der Waals surface area contributed by atoms with Gasteiger partial charge in [0.25, 0.3) is 0 Å². The molecule has 1 aliphatic heterocycles. The minimum absolute atomic E-state index is 0.508. The summed E-state index contributed by atoms with van der Waals surface area (Å²) in [6.07, 6.45) is 1.00. The number of para-hydroxylation sites is 1. The molecule has 0 amide bonds. The Balaban J connectivity index is 1.36. The molecule has 5 rings (SSSR count).